The van der Waals surface area contributed by atoms with Crippen molar-refractivity contribution in [2.45, 2.75) is 32.6 Å². The van der Waals surface area contributed by atoms with Crippen LogP contribution in [0.5, 0.6) is 0 Å². The molecule has 0 saturated heterocycles. The maximum absolute atomic E-state index is 11.8. The standard InChI is InChI=1S/C14H16Cl2N2O3/c1-8-10(15)6-11(16)13(17-8)18-12(19)7-21-14(20)9-4-2-3-5-9/h6,9H,2-5,7H2,1H3,(H,17,18,19). The summed E-state index contributed by atoms with van der Waals surface area (Å²) in [7, 11) is 0. The predicted molar refractivity (Wildman–Crippen MR) is 80.5 cm³/mol. The van der Waals surface area contributed by atoms with Crippen LogP contribution >= 0.6 is 23.2 Å². The molecule has 0 bridgehead atoms. The van der Waals surface area contributed by atoms with Crippen LogP contribution in [0.15, 0.2) is 6.07 Å². The van der Waals surface area contributed by atoms with Crippen molar-refractivity contribution in [2.24, 2.45) is 5.92 Å². The second kappa shape index (κ2) is 7.09. The Morgan fingerprint density at radius 3 is 2.67 bits per heavy atom. The SMILES string of the molecule is Cc1nc(NC(=O)COC(=O)C2CCCC2)c(Cl)cc1Cl. The lowest BCUT2D eigenvalue weighted by Crippen LogP contribution is -2.24. The van der Waals surface area contributed by atoms with E-state index >= 15 is 0 Å². The summed E-state index contributed by atoms with van der Waals surface area (Å²) in [6.45, 7) is 1.36. The highest BCUT2D eigenvalue weighted by Gasteiger charge is 2.24. The highest BCUT2D eigenvalue weighted by atomic mass is 35.5. The fourth-order valence-corrected chi connectivity index (χ4v) is 2.64. The molecule has 1 saturated carbocycles. The number of hydrogen-bond acceptors (Lipinski definition) is 4. The van der Waals surface area contributed by atoms with Gasteiger partial charge < -0.3 is 10.1 Å². The van der Waals surface area contributed by atoms with E-state index in [1.807, 2.05) is 0 Å². The number of aryl methyl sites for hydroxylation is 1. The number of nitrogens with one attached hydrogen (secondary N) is 1. The van der Waals surface area contributed by atoms with Gasteiger partial charge in [0.2, 0.25) is 0 Å². The Kier molecular flexibility index (Phi) is 5.42. The molecule has 0 aromatic carbocycles. The van der Waals surface area contributed by atoms with Crippen LogP contribution in [0.1, 0.15) is 31.4 Å². The molecular formula is C14H16Cl2N2O3. The number of carbonyl (C=O) groups excluding carboxylic acids is 2. The van der Waals surface area contributed by atoms with Crippen LogP contribution in [0.2, 0.25) is 10.0 Å². The molecule has 1 amide bonds. The van der Waals surface area contributed by atoms with Crippen LogP contribution in [0.4, 0.5) is 5.82 Å². The second-order valence-corrected chi connectivity index (χ2v) is 5.84. The van der Waals surface area contributed by atoms with E-state index < -0.39 is 5.91 Å². The molecule has 1 fully saturated rings. The Labute approximate surface area is 133 Å². The summed E-state index contributed by atoms with van der Waals surface area (Å²) in [4.78, 5) is 27.5. The van der Waals surface area contributed by atoms with Gasteiger partial charge in [0.15, 0.2) is 12.4 Å². The van der Waals surface area contributed by atoms with Crippen molar-refractivity contribution in [1.29, 1.82) is 0 Å². The molecule has 0 unspecified atom stereocenters. The monoisotopic (exact) mass is 330 g/mol. The number of amides is 1. The summed E-state index contributed by atoms with van der Waals surface area (Å²) < 4.78 is 5.01. The summed E-state index contributed by atoms with van der Waals surface area (Å²) in [5.41, 5.74) is 0.555. The molecule has 1 aliphatic carbocycles. The molecule has 1 aliphatic rings. The van der Waals surface area contributed by atoms with Crippen LogP contribution in [0.3, 0.4) is 0 Å². The Bertz CT molecular complexity index is 557. The third kappa shape index (κ3) is 4.32. The summed E-state index contributed by atoms with van der Waals surface area (Å²) >= 11 is 11.8. The van der Waals surface area contributed by atoms with E-state index in [1.165, 1.54) is 6.07 Å². The molecule has 0 spiro atoms. The molecule has 0 atom stereocenters. The molecule has 1 aromatic heterocycles. The first-order valence-electron chi connectivity index (χ1n) is 6.76. The van der Waals surface area contributed by atoms with Gasteiger partial charge in [0.1, 0.15) is 0 Å². The molecule has 5 nitrogen and oxygen atoms in total. The molecular weight excluding hydrogens is 315 g/mol. The Morgan fingerprint density at radius 2 is 2.00 bits per heavy atom. The lowest BCUT2D eigenvalue weighted by Gasteiger charge is -2.11. The van der Waals surface area contributed by atoms with Crippen molar-refractivity contribution < 1.29 is 14.3 Å². The van der Waals surface area contributed by atoms with Gasteiger partial charge in [0.05, 0.1) is 21.7 Å². The second-order valence-electron chi connectivity index (χ2n) is 5.02. The van der Waals surface area contributed by atoms with Gasteiger partial charge in [0, 0.05) is 0 Å². The summed E-state index contributed by atoms with van der Waals surface area (Å²) in [6.07, 6.45) is 3.75. The van der Waals surface area contributed by atoms with Gasteiger partial charge in [0.25, 0.3) is 5.91 Å². The largest absolute Gasteiger partial charge is 0.455 e. The normalized spacial score (nSPS) is 15.0. The average molecular weight is 331 g/mol. The zero-order valence-electron chi connectivity index (χ0n) is 11.6. The first-order valence-corrected chi connectivity index (χ1v) is 7.52. The van der Waals surface area contributed by atoms with Gasteiger partial charge in [-0.15, -0.1) is 0 Å². The fourth-order valence-electron chi connectivity index (χ4n) is 2.23. The highest BCUT2D eigenvalue weighted by molar-refractivity contribution is 6.36. The number of rotatable bonds is 4. The smallest absolute Gasteiger partial charge is 0.309 e. The number of anilines is 1. The quantitative estimate of drug-likeness (QED) is 0.859. The van der Waals surface area contributed by atoms with Gasteiger partial charge in [-0.05, 0) is 25.8 Å². The molecule has 1 heterocycles. The minimum absolute atomic E-state index is 0.0720. The number of pyridine rings is 1. The van der Waals surface area contributed by atoms with Crippen LogP contribution in [-0.4, -0.2) is 23.5 Å². The zero-order valence-corrected chi connectivity index (χ0v) is 13.1. The molecule has 1 aromatic rings. The zero-order chi connectivity index (χ0) is 15.4. The van der Waals surface area contributed by atoms with Crippen LogP contribution in [-0.2, 0) is 14.3 Å². The van der Waals surface area contributed by atoms with Crippen molar-refractivity contribution in [2.75, 3.05) is 11.9 Å². The summed E-state index contributed by atoms with van der Waals surface area (Å²) in [5.74, 6) is -0.649. The topological polar surface area (TPSA) is 68.3 Å². The minimum atomic E-state index is -0.475. The molecule has 1 N–H and O–H groups in total. The van der Waals surface area contributed by atoms with E-state index in [9.17, 15) is 9.59 Å². The van der Waals surface area contributed by atoms with Gasteiger partial charge in [-0.3, -0.25) is 9.59 Å². The minimum Gasteiger partial charge on any atom is -0.455 e. The molecule has 7 heteroatoms. The van der Waals surface area contributed by atoms with Gasteiger partial charge in [-0.1, -0.05) is 36.0 Å². The van der Waals surface area contributed by atoms with Crippen LogP contribution in [0.25, 0.3) is 0 Å². The maximum atomic E-state index is 11.8. The fraction of sp³-hybridized carbons (Fsp3) is 0.500. The van der Waals surface area contributed by atoms with Gasteiger partial charge in [-0.2, -0.15) is 0 Å². The number of halogens is 2. The third-order valence-corrected chi connectivity index (χ3v) is 4.07. The molecule has 114 valence electrons. The maximum Gasteiger partial charge on any atom is 0.309 e. The van der Waals surface area contributed by atoms with E-state index in [0.717, 1.165) is 25.7 Å². The highest BCUT2D eigenvalue weighted by Crippen LogP contribution is 2.26. The molecule has 0 aliphatic heterocycles. The lowest BCUT2D eigenvalue weighted by atomic mass is 10.1. The van der Waals surface area contributed by atoms with E-state index in [2.05, 4.69) is 10.3 Å². The average Bonchev–Trinajstić information content (AvgIpc) is 2.96. The van der Waals surface area contributed by atoms with E-state index in [4.69, 9.17) is 27.9 Å². The van der Waals surface area contributed by atoms with Crippen molar-refractivity contribution in [1.82, 2.24) is 4.98 Å². The predicted octanol–water partition coefficient (Wildman–Crippen LogP) is 3.37. The first kappa shape index (κ1) is 16.0. The van der Waals surface area contributed by atoms with Crippen molar-refractivity contribution in [3.05, 3.63) is 21.8 Å². The number of nitrogens with zero attached hydrogens (tertiary/aromatic N) is 1. The Hall–Kier alpha value is -1.33. The summed E-state index contributed by atoms with van der Waals surface area (Å²) in [6, 6.07) is 1.51. The number of hydrogen-bond donors (Lipinski definition) is 1. The Morgan fingerprint density at radius 1 is 1.33 bits per heavy atom. The first-order chi connectivity index (χ1) is 9.97. The number of esters is 1. The molecule has 2 rings (SSSR count). The number of ether oxygens (including phenoxy) is 1. The van der Waals surface area contributed by atoms with E-state index in [-0.39, 0.29) is 29.3 Å². The van der Waals surface area contributed by atoms with E-state index in [0.29, 0.717) is 10.7 Å². The van der Waals surface area contributed by atoms with Gasteiger partial charge in [-0.25, -0.2) is 4.98 Å². The van der Waals surface area contributed by atoms with Crippen molar-refractivity contribution in [3.8, 4) is 0 Å². The molecule has 21 heavy (non-hydrogen) atoms. The Balaban J connectivity index is 1.87. The third-order valence-electron chi connectivity index (χ3n) is 3.40. The lowest BCUT2D eigenvalue weighted by molar-refractivity contribution is -0.151. The summed E-state index contributed by atoms with van der Waals surface area (Å²) in [5, 5.41) is 3.17. The van der Waals surface area contributed by atoms with Gasteiger partial charge >= 0.3 is 5.97 Å². The van der Waals surface area contributed by atoms with Crippen LogP contribution in [0, 0.1) is 12.8 Å². The van der Waals surface area contributed by atoms with Crippen LogP contribution < -0.4 is 5.32 Å². The van der Waals surface area contributed by atoms with Crippen molar-refractivity contribution in [3.63, 3.8) is 0 Å². The number of aromatic nitrogens is 1. The van der Waals surface area contributed by atoms with E-state index in [1.54, 1.807) is 6.92 Å². The van der Waals surface area contributed by atoms with Crippen molar-refractivity contribution >= 4 is 40.9 Å². The number of carbonyl (C=O) groups is 2. The molecule has 0 radical (unpaired) electrons.